The fourth-order valence-electron chi connectivity index (χ4n) is 2.78. The van der Waals surface area contributed by atoms with Crippen LogP contribution < -0.4 is 0 Å². The summed E-state index contributed by atoms with van der Waals surface area (Å²) in [5.41, 5.74) is 0.258. The van der Waals surface area contributed by atoms with Crippen molar-refractivity contribution in [1.82, 2.24) is 0 Å². The van der Waals surface area contributed by atoms with Gasteiger partial charge < -0.3 is 4.74 Å². The first-order chi connectivity index (χ1) is 7.30. The molecule has 0 aromatic rings. The minimum absolute atomic E-state index is 0.0397. The SMILES string of the molecule is O=C1CN=CN=C1C12CCC(CC1)CO2. The van der Waals surface area contributed by atoms with E-state index in [4.69, 9.17) is 4.74 Å². The van der Waals surface area contributed by atoms with Crippen LogP contribution in [0.3, 0.4) is 0 Å². The zero-order valence-electron chi connectivity index (χ0n) is 8.61. The first-order valence-electron chi connectivity index (χ1n) is 5.54. The van der Waals surface area contributed by atoms with Crippen LogP contribution >= 0.6 is 0 Å². The number of rotatable bonds is 1. The van der Waals surface area contributed by atoms with Gasteiger partial charge in [-0.1, -0.05) is 0 Å². The maximum atomic E-state index is 11.8. The fourth-order valence-corrected chi connectivity index (χ4v) is 2.78. The average molecular weight is 206 g/mol. The zero-order valence-corrected chi connectivity index (χ0v) is 8.61. The van der Waals surface area contributed by atoms with Gasteiger partial charge in [0.05, 0.1) is 6.61 Å². The molecule has 3 aliphatic heterocycles. The minimum atomic E-state index is -0.363. The van der Waals surface area contributed by atoms with Crippen molar-refractivity contribution in [1.29, 1.82) is 0 Å². The standard InChI is InChI=1S/C11H14N2O2/c14-9-5-12-7-13-10(9)11-3-1-8(2-4-11)6-15-11/h7-8H,1-6H2. The second-order valence-electron chi connectivity index (χ2n) is 4.61. The smallest absolute Gasteiger partial charge is 0.201 e. The molecule has 3 fully saturated rings. The van der Waals surface area contributed by atoms with Crippen LogP contribution in [-0.4, -0.2) is 36.6 Å². The average Bonchev–Trinajstić information content (AvgIpc) is 2.32. The monoisotopic (exact) mass is 206 g/mol. The molecular formula is C11H14N2O2. The third-order valence-electron chi connectivity index (χ3n) is 3.71. The lowest BCUT2D eigenvalue weighted by atomic mass is 9.72. The summed E-state index contributed by atoms with van der Waals surface area (Å²) in [6.45, 7) is 1.04. The summed E-state index contributed by atoms with van der Waals surface area (Å²) < 4.78 is 5.86. The molecular weight excluding hydrogens is 192 g/mol. The Balaban J connectivity index is 1.94. The normalized spacial score (nSPS) is 39.3. The zero-order chi connectivity index (χ0) is 10.3. The molecule has 80 valence electrons. The van der Waals surface area contributed by atoms with Gasteiger partial charge >= 0.3 is 0 Å². The highest BCUT2D eigenvalue weighted by Gasteiger charge is 2.47. The van der Waals surface area contributed by atoms with E-state index in [0.29, 0.717) is 11.6 Å². The molecule has 1 aliphatic carbocycles. The van der Waals surface area contributed by atoms with E-state index in [0.717, 1.165) is 19.4 Å². The van der Waals surface area contributed by atoms with Gasteiger partial charge in [-0.3, -0.25) is 9.79 Å². The first kappa shape index (κ1) is 9.21. The van der Waals surface area contributed by atoms with Crippen molar-refractivity contribution in [3.63, 3.8) is 0 Å². The van der Waals surface area contributed by atoms with Gasteiger partial charge in [0.25, 0.3) is 0 Å². The third kappa shape index (κ3) is 1.35. The van der Waals surface area contributed by atoms with E-state index < -0.39 is 0 Å². The Labute approximate surface area is 88.4 Å². The molecule has 1 saturated carbocycles. The molecule has 3 heterocycles. The minimum Gasteiger partial charge on any atom is -0.368 e. The molecule has 15 heavy (non-hydrogen) atoms. The molecule has 0 radical (unpaired) electrons. The molecule has 0 aromatic carbocycles. The Hall–Kier alpha value is -1.03. The highest BCUT2D eigenvalue weighted by Crippen LogP contribution is 2.42. The van der Waals surface area contributed by atoms with Crippen molar-refractivity contribution in [2.45, 2.75) is 31.3 Å². The second kappa shape index (κ2) is 3.23. The lowest BCUT2D eigenvalue weighted by Gasteiger charge is -2.46. The van der Waals surface area contributed by atoms with Gasteiger partial charge in [0.1, 0.15) is 24.2 Å². The molecule has 2 bridgehead atoms. The van der Waals surface area contributed by atoms with Crippen molar-refractivity contribution >= 4 is 17.8 Å². The second-order valence-corrected chi connectivity index (χ2v) is 4.61. The maximum Gasteiger partial charge on any atom is 0.201 e. The van der Waals surface area contributed by atoms with Crippen LogP contribution in [0, 0.1) is 5.92 Å². The van der Waals surface area contributed by atoms with Gasteiger partial charge in [0, 0.05) is 0 Å². The number of hydrogen-bond acceptors (Lipinski definition) is 4. The number of nitrogens with zero attached hydrogens (tertiary/aromatic N) is 2. The van der Waals surface area contributed by atoms with Gasteiger partial charge in [-0.2, -0.15) is 0 Å². The maximum absolute atomic E-state index is 11.8. The van der Waals surface area contributed by atoms with Crippen LogP contribution in [0.1, 0.15) is 25.7 Å². The highest BCUT2D eigenvalue weighted by molar-refractivity contribution is 6.45. The molecule has 4 rings (SSSR count). The number of hydrogen-bond donors (Lipinski definition) is 0. The summed E-state index contributed by atoms with van der Waals surface area (Å²) in [6, 6.07) is 0. The Morgan fingerprint density at radius 1 is 1.40 bits per heavy atom. The number of carbonyl (C=O) groups is 1. The topological polar surface area (TPSA) is 51.0 Å². The van der Waals surface area contributed by atoms with Gasteiger partial charge in [0.2, 0.25) is 5.78 Å². The van der Waals surface area contributed by atoms with Crippen LogP contribution in [0.4, 0.5) is 0 Å². The number of fused-ring (bicyclic) bond motifs is 3. The van der Waals surface area contributed by atoms with E-state index in [2.05, 4.69) is 9.98 Å². The fraction of sp³-hybridized carbons (Fsp3) is 0.727. The molecule has 0 atom stereocenters. The summed E-state index contributed by atoms with van der Waals surface area (Å²) in [7, 11) is 0. The summed E-state index contributed by atoms with van der Waals surface area (Å²) in [6.07, 6.45) is 5.74. The Morgan fingerprint density at radius 2 is 2.20 bits per heavy atom. The first-order valence-corrected chi connectivity index (χ1v) is 5.54. The molecule has 4 heteroatoms. The number of ether oxygens (including phenoxy) is 1. The molecule has 0 amide bonds. The van der Waals surface area contributed by atoms with Crippen LogP contribution in [0.25, 0.3) is 0 Å². The summed E-state index contributed by atoms with van der Waals surface area (Å²) in [4.78, 5) is 19.8. The summed E-state index contributed by atoms with van der Waals surface area (Å²) >= 11 is 0. The Bertz CT molecular complexity index is 338. The summed E-state index contributed by atoms with van der Waals surface area (Å²) in [5.74, 6) is 0.748. The van der Waals surface area contributed by atoms with Gasteiger partial charge in [-0.15, -0.1) is 0 Å². The Kier molecular flexibility index (Phi) is 1.99. The van der Waals surface area contributed by atoms with Crippen LogP contribution in [0.5, 0.6) is 0 Å². The molecule has 0 N–H and O–H groups in total. The van der Waals surface area contributed by atoms with Crippen LogP contribution in [-0.2, 0) is 9.53 Å². The largest absolute Gasteiger partial charge is 0.368 e. The quantitative estimate of drug-likeness (QED) is 0.642. The summed E-state index contributed by atoms with van der Waals surface area (Å²) in [5, 5.41) is 0. The predicted octanol–water partition coefficient (Wildman–Crippen LogP) is 0.998. The van der Waals surface area contributed by atoms with Crippen LogP contribution in [0.15, 0.2) is 9.98 Å². The van der Waals surface area contributed by atoms with E-state index in [9.17, 15) is 4.79 Å². The van der Waals surface area contributed by atoms with Crippen molar-refractivity contribution < 1.29 is 9.53 Å². The lowest BCUT2D eigenvalue weighted by molar-refractivity contribution is -0.120. The van der Waals surface area contributed by atoms with Crippen molar-refractivity contribution in [3.05, 3.63) is 0 Å². The number of ketones is 1. The number of aliphatic imine (C=N–C) groups is 2. The molecule has 0 spiro atoms. The van der Waals surface area contributed by atoms with Crippen molar-refractivity contribution in [3.8, 4) is 0 Å². The van der Waals surface area contributed by atoms with E-state index >= 15 is 0 Å². The van der Waals surface area contributed by atoms with E-state index in [1.54, 1.807) is 0 Å². The molecule has 2 saturated heterocycles. The lowest BCUT2D eigenvalue weighted by Crippen LogP contribution is -2.54. The van der Waals surface area contributed by atoms with Crippen LogP contribution in [0.2, 0.25) is 0 Å². The van der Waals surface area contributed by atoms with Gasteiger partial charge in [-0.05, 0) is 31.6 Å². The van der Waals surface area contributed by atoms with Crippen molar-refractivity contribution in [2.75, 3.05) is 13.2 Å². The van der Waals surface area contributed by atoms with Crippen molar-refractivity contribution in [2.24, 2.45) is 15.9 Å². The van der Waals surface area contributed by atoms with E-state index in [1.165, 1.54) is 19.2 Å². The number of Topliss-reactive ketones (excluding diaryl/α,β-unsaturated/α-hetero) is 1. The van der Waals surface area contributed by atoms with Gasteiger partial charge in [0.15, 0.2) is 0 Å². The van der Waals surface area contributed by atoms with Gasteiger partial charge in [-0.25, -0.2) is 4.99 Å². The molecule has 4 nitrogen and oxygen atoms in total. The molecule has 0 aromatic heterocycles. The molecule has 0 unspecified atom stereocenters. The number of carbonyl (C=O) groups excluding carboxylic acids is 1. The molecule has 4 aliphatic rings. The third-order valence-corrected chi connectivity index (χ3v) is 3.71. The van der Waals surface area contributed by atoms with E-state index in [-0.39, 0.29) is 17.9 Å². The predicted molar refractivity (Wildman–Crippen MR) is 56.4 cm³/mol. The van der Waals surface area contributed by atoms with E-state index in [1.807, 2.05) is 0 Å². The Morgan fingerprint density at radius 3 is 2.80 bits per heavy atom. The highest BCUT2D eigenvalue weighted by atomic mass is 16.5.